The third kappa shape index (κ3) is 7.27. The van der Waals surface area contributed by atoms with Gasteiger partial charge in [0.15, 0.2) is 5.16 Å². The number of nitrogens with zero attached hydrogens (tertiary/aromatic N) is 3. The van der Waals surface area contributed by atoms with E-state index < -0.39 is 0 Å². The van der Waals surface area contributed by atoms with Gasteiger partial charge < -0.3 is 24.1 Å². The fraction of sp³-hybridized carbons (Fsp3) is 0.250. The third-order valence-electron chi connectivity index (χ3n) is 5.92. The highest BCUT2D eigenvalue weighted by Crippen LogP contribution is 2.25. The third-order valence-corrected chi connectivity index (χ3v) is 6.82. The van der Waals surface area contributed by atoms with Gasteiger partial charge in [-0.2, -0.15) is 0 Å². The largest absolute Gasteiger partial charge is 0.490 e. The Morgan fingerprint density at radius 3 is 2.38 bits per heavy atom. The van der Waals surface area contributed by atoms with Crippen molar-refractivity contribution in [3.63, 3.8) is 0 Å². The fourth-order valence-corrected chi connectivity index (χ4v) is 4.77. The van der Waals surface area contributed by atoms with Crippen LogP contribution in [0.25, 0.3) is 0 Å². The highest BCUT2D eigenvalue weighted by molar-refractivity contribution is 7.99. The number of aromatic nitrogens is 3. The molecular formula is C28H28N4O4S. The van der Waals surface area contributed by atoms with Crippen molar-refractivity contribution < 1.29 is 19.0 Å². The number of H-pyrrole nitrogens is 1. The lowest BCUT2D eigenvalue weighted by Gasteiger charge is -2.31. The molecule has 0 spiro atoms. The molecule has 0 atom stereocenters. The molecule has 8 nitrogen and oxygen atoms in total. The average Bonchev–Trinajstić information content (AvgIpc) is 3.45. The zero-order chi connectivity index (χ0) is 25.3. The van der Waals surface area contributed by atoms with Gasteiger partial charge in [0, 0.05) is 56.3 Å². The molecule has 9 heteroatoms. The summed E-state index contributed by atoms with van der Waals surface area (Å²) in [6, 6.07) is 20.7. The molecule has 3 heterocycles. The number of thioether (sulfide) groups is 1. The molecule has 2 aromatic heterocycles. The number of benzene rings is 2. The minimum atomic E-state index is -0.324. The van der Waals surface area contributed by atoms with Gasteiger partial charge in [0.05, 0.1) is 0 Å². The Labute approximate surface area is 220 Å². The summed E-state index contributed by atoms with van der Waals surface area (Å²) in [6.07, 6.45) is 7.38. The fourth-order valence-electron chi connectivity index (χ4n) is 3.95. The van der Waals surface area contributed by atoms with E-state index in [0.29, 0.717) is 30.5 Å². The van der Waals surface area contributed by atoms with Crippen molar-refractivity contribution in [1.29, 1.82) is 0 Å². The smallest absolute Gasteiger partial charge is 0.415 e. The number of pyridine rings is 1. The van der Waals surface area contributed by atoms with Gasteiger partial charge >= 0.3 is 6.09 Å². The number of carbonyl (C=O) groups is 1. The highest BCUT2D eigenvalue weighted by atomic mass is 32.2. The number of amides is 1. The molecule has 1 amide bonds. The number of nitrogens with one attached hydrogen (secondary N) is 1. The SMILES string of the molecule is O=C(Oc1ccc(CCSc2ncc[nH]2)cc1)N1CCC(Oc2ccc(Oc3ccccn3)cc2)CC1. The lowest BCUT2D eigenvalue weighted by atomic mass is 10.1. The summed E-state index contributed by atoms with van der Waals surface area (Å²) in [6.45, 7) is 1.18. The molecular weight excluding hydrogens is 488 g/mol. The molecule has 0 radical (unpaired) electrons. The number of carbonyl (C=O) groups excluding carboxylic acids is 1. The summed E-state index contributed by atoms with van der Waals surface area (Å²) in [5.41, 5.74) is 1.19. The minimum Gasteiger partial charge on any atom is -0.490 e. The predicted molar refractivity (Wildman–Crippen MR) is 141 cm³/mol. The first-order valence-corrected chi connectivity index (χ1v) is 13.2. The summed E-state index contributed by atoms with van der Waals surface area (Å²) < 4.78 is 17.4. The molecule has 0 aliphatic carbocycles. The van der Waals surface area contributed by atoms with E-state index in [1.807, 2.05) is 72.9 Å². The lowest BCUT2D eigenvalue weighted by molar-refractivity contribution is 0.0930. The van der Waals surface area contributed by atoms with Crippen LogP contribution in [0, 0.1) is 0 Å². The van der Waals surface area contributed by atoms with E-state index in [9.17, 15) is 4.79 Å². The van der Waals surface area contributed by atoms with Crippen molar-refractivity contribution in [3.8, 4) is 23.1 Å². The molecule has 4 aromatic rings. The number of hydrogen-bond donors (Lipinski definition) is 1. The van der Waals surface area contributed by atoms with Crippen molar-refractivity contribution >= 4 is 17.9 Å². The number of piperidine rings is 1. The number of likely N-dealkylation sites (tertiary alicyclic amines) is 1. The normalized spacial score (nSPS) is 13.8. The zero-order valence-electron chi connectivity index (χ0n) is 20.3. The molecule has 2 aromatic carbocycles. The van der Waals surface area contributed by atoms with Crippen LogP contribution in [-0.2, 0) is 6.42 Å². The van der Waals surface area contributed by atoms with Gasteiger partial charge in [0.2, 0.25) is 5.88 Å². The van der Waals surface area contributed by atoms with Crippen molar-refractivity contribution in [2.75, 3.05) is 18.8 Å². The van der Waals surface area contributed by atoms with Gasteiger partial charge in [-0.1, -0.05) is 30.0 Å². The molecule has 0 saturated carbocycles. The van der Waals surface area contributed by atoms with Crippen LogP contribution in [0.1, 0.15) is 18.4 Å². The van der Waals surface area contributed by atoms with Crippen LogP contribution < -0.4 is 14.2 Å². The van der Waals surface area contributed by atoms with E-state index >= 15 is 0 Å². The summed E-state index contributed by atoms with van der Waals surface area (Å²) in [7, 11) is 0. The Kier molecular flexibility index (Phi) is 8.22. The molecule has 1 fully saturated rings. The number of aryl methyl sites for hydroxylation is 1. The van der Waals surface area contributed by atoms with Crippen LogP contribution >= 0.6 is 11.8 Å². The first kappa shape index (κ1) is 24.7. The summed E-state index contributed by atoms with van der Waals surface area (Å²) in [5.74, 6) is 3.50. The second-order valence-corrected chi connectivity index (χ2v) is 9.63. The van der Waals surface area contributed by atoms with E-state index in [2.05, 4.69) is 15.0 Å². The van der Waals surface area contributed by atoms with Crippen LogP contribution in [0.15, 0.2) is 90.5 Å². The standard InChI is InChI=1S/C28H28N4O4S/c33-28(36-24-6-4-21(5-7-24)14-20-37-27-30-16-17-31-27)32-18-12-25(13-19-32)34-22-8-10-23(11-9-22)35-26-3-1-2-15-29-26/h1-11,15-17,25H,12-14,18-20H2,(H,30,31). The molecule has 1 aliphatic rings. The van der Waals surface area contributed by atoms with Gasteiger partial charge in [0.1, 0.15) is 23.4 Å². The van der Waals surface area contributed by atoms with Crippen molar-refractivity contribution in [3.05, 3.63) is 90.9 Å². The van der Waals surface area contributed by atoms with Gasteiger partial charge in [-0.05, 0) is 54.4 Å². The molecule has 190 valence electrons. The Bertz CT molecular complexity index is 1240. The summed E-state index contributed by atoms with van der Waals surface area (Å²) in [4.78, 5) is 25.8. The minimum absolute atomic E-state index is 0.0462. The number of ether oxygens (including phenoxy) is 3. The Balaban J connectivity index is 1.03. The summed E-state index contributed by atoms with van der Waals surface area (Å²) in [5, 5.41) is 0.920. The second kappa shape index (κ2) is 12.3. The molecule has 1 N–H and O–H groups in total. The molecule has 5 rings (SSSR count). The molecule has 1 aliphatic heterocycles. The van der Waals surface area contributed by atoms with Crippen molar-refractivity contribution in [2.45, 2.75) is 30.5 Å². The zero-order valence-corrected chi connectivity index (χ0v) is 21.1. The summed E-state index contributed by atoms with van der Waals surface area (Å²) >= 11 is 1.68. The second-order valence-electron chi connectivity index (χ2n) is 8.55. The maximum absolute atomic E-state index is 12.6. The van der Waals surface area contributed by atoms with Crippen molar-refractivity contribution in [2.24, 2.45) is 0 Å². The van der Waals surface area contributed by atoms with E-state index in [1.165, 1.54) is 5.56 Å². The van der Waals surface area contributed by atoms with Crippen LogP contribution in [0.2, 0.25) is 0 Å². The van der Waals surface area contributed by atoms with Gasteiger partial charge in [-0.15, -0.1) is 0 Å². The maximum atomic E-state index is 12.6. The Morgan fingerprint density at radius 2 is 1.68 bits per heavy atom. The van der Waals surface area contributed by atoms with E-state index in [0.717, 1.165) is 35.9 Å². The first-order chi connectivity index (χ1) is 18.2. The Hall–Kier alpha value is -3.98. The van der Waals surface area contributed by atoms with Crippen LogP contribution in [-0.4, -0.2) is 50.9 Å². The highest BCUT2D eigenvalue weighted by Gasteiger charge is 2.25. The number of rotatable bonds is 9. The topological polar surface area (TPSA) is 89.6 Å². The first-order valence-electron chi connectivity index (χ1n) is 12.2. The monoisotopic (exact) mass is 516 g/mol. The number of imidazole rings is 1. The number of aromatic amines is 1. The average molecular weight is 517 g/mol. The van der Waals surface area contributed by atoms with Crippen LogP contribution in [0.4, 0.5) is 4.79 Å². The predicted octanol–water partition coefficient (Wildman–Crippen LogP) is 5.97. The molecule has 1 saturated heterocycles. The number of hydrogen-bond acceptors (Lipinski definition) is 7. The molecule has 0 unspecified atom stereocenters. The van der Waals surface area contributed by atoms with E-state index in [-0.39, 0.29) is 12.2 Å². The van der Waals surface area contributed by atoms with Gasteiger partial charge in [0.25, 0.3) is 0 Å². The molecule has 37 heavy (non-hydrogen) atoms. The maximum Gasteiger partial charge on any atom is 0.415 e. The van der Waals surface area contributed by atoms with E-state index in [1.54, 1.807) is 29.1 Å². The quantitative estimate of drug-likeness (QED) is 0.274. The van der Waals surface area contributed by atoms with Crippen LogP contribution in [0.5, 0.6) is 23.1 Å². The van der Waals surface area contributed by atoms with Gasteiger partial charge in [-0.25, -0.2) is 14.8 Å². The van der Waals surface area contributed by atoms with E-state index in [4.69, 9.17) is 14.2 Å². The van der Waals surface area contributed by atoms with Crippen LogP contribution in [0.3, 0.4) is 0 Å². The lowest BCUT2D eigenvalue weighted by Crippen LogP contribution is -2.43. The van der Waals surface area contributed by atoms with Crippen molar-refractivity contribution in [1.82, 2.24) is 19.9 Å². The van der Waals surface area contributed by atoms with Gasteiger partial charge in [-0.3, -0.25) is 0 Å². The Morgan fingerprint density at radius 1 is 0.919 bits per heavy atom. The molecule has 0 bridgehead atoms.